The van der Waals surface area contributed by atoms with E-state index in [1.54, 1.807) is 16.9 Å². The van der Waals surface area contributed by atoms with Gasteiger partial charge in [-0.05, 0) is 12.0 Å². The van der Waals surface area contributed by atoms with Gasteiger partial charge in [0.25, 0.3) is 5.82 Å². The van der Waals surface area contributed by atoms with Gasteiger partial charge >= 0.3 is 5.97 Å². The van der Waals surface area contributed by atoms with E-state index >= 15 is 0 Å². The number of ether oxygens (including phenoxy) is 1. The van der Waals surface area contributed by atoms with Gasteiger partial charge in [-0.3, -0.25) is 0 Å². The highest BCUT2D eigenvalue weighted by Gasteiger charge is 2.15. The first-order valence-corrected chi connectivity index (χ1v) is 6.44. The number of nitrogens with zero attached hydrogens (tertiary/aromatic N) is 6. The molecule has 0 aromatic carbocycles. The Morgan fingerprint density at radius 1 is 1.29 bits per heavy atom. The highest BCUT2D eigenvalue weighted by atomic mass is 16.5. The number of rotatable bonds is 3. The lowest BCUT2D eigenvalue weighted by Gasteiger charge is -2.00. The predicted molar refractivity (Wildman–Crippen MR) is 73.3 cm³/mol. The van der Waals surface area contributed by atoms with Crippen molar-refractivity contribution in [1.82, 2.24) is 29.4 Å². The van der Waals surface area contributed by atoms with Crippen molar-refractivity contribution < 1.29 is 9.53 Å². The fourth-order valence-electron chi connectivity index (χ4n) is 1.94. The van der Waals surface area contributed by atoms with E-state index in [4.69, 9.17) is 0 Å². The summed E-state index contributed by atoms with van der Waals surface area (Å²) in [5.41, 5.74) is 1.75. The Balaban J connectivity index is 2.11. The molecule has 0 saturated heterocycles. The molecule has 0 fully saturated rings. The van der Waals surface area contributed by atoms with Crippen LogP contribution in [0.2, 0.25) is 0 Å². The predicted octanol–water partition coefficient (Wildman–Crippen LogP) is 1.22. The summed E-state index contributed by atoms with van der Waals surface area (Å²) in [6, 6.07) is 1.95. The van der Waals surface area contributed by atoms with Crippen LogP contribution in [0.15, 0.2) is 24.8 Å². The van der Waals surface area contributed by atoms with Gasteiger partial charge in [0.2, 0.25) is 0 Å². The maximum Gasteiger partial charge on any atom is 0.377 e. The second kappa shape index (κ2) is 4.97. The second-order valence-electron chi connectivity index (χ2n) is 4.81. The molecule has 0 aliphatic rings. The molecular formula is C13H14N6O2. The molecule has 108 valence electrons. The molecule has 3 aromatic rings. The van der Waals surface area contributed by atoms with Crippen LogP contribution < -0.4 is 0 Å². The van der Waals surface area contributed by atoms with Gasteiger partial charge in [0.15, 0.2) is 5.82 Å². The van der Waals surface area contributed by atoms with Gasteiger partial charge in [-0.2, -0.15) is 9.78 Å². The highest BCUT2D eigenvalue weighted by molar-refractivity contribution is 5.84. The summed E-state index contributed by atoms with van der Waals surface area (Å²) in [5.74, 6) is 0.264. The molecule has 21 heavy (non-hydrogen) atoms. The third kappa shape index (κ3) is 2.24. The van der Waals surface area contributed by atoms with Crippen molar-refractivity contribution in [2.24, 2.45) is 0 Å². The smallest absolute Gasteiger partial charge is 0.377 e. The zero-order chi connectivity index (χ0) is 15.0. The van der Waals surface area contributed by atoms with Gasteiger partial charge in [0, 0.05) is 12.4 Å². The van der Waals surface area contributed by atoms with Crippen LogP contribution in [0.4, 0.5) is 0 Å². The minimum Gasteiger partial charge on any atom is -0.463 e. The number of carbonyl (C=O) groups excluding carboxylic acids is 1. The topological polar surface area (TPSA) is 87.2 Å². The standard InChI is InChI=1S/C13H14N6O2/c1-8(2)9-6-10-12(14-4-5-18(10)16-9)19-7-15-11(17-19)13(20)21-3/h4-8H,1-3H3. The van der Waals surface area contributed by atoms with E-state index in [2.05, 4.69) is 38.7 Å². The van der Waals surface area contributed by atoms with Crippen LogP contribution in [0, 0.1) is 0 Å². The van der Waals surface area contributed by atoms with Gasteiger partial charge in [-0.1, -0.05) is 13.8 Å². The lowest BCUT2D eigenvalue weighted by atomic mass is 10.1. The van der Waals surface area contributed by atoms with E-state index in [0.29, 0.717) is 11.7 Å². The Bertz CT molecular complexity index is 804. The molecule has 0 bridgehead atoms. The molecule has 0 amide bonds. The van der Waals surface area contributed by atoms with Gasteiger partial charge in [0.1, 0.15) is 11.8 Å². The summed E-state index contributed by atoms with van der Waals surface area (Å²) in [5, 5.41) is 8.56. The third-order valence-electron chi connectivity index (χ3n) is 3.06. The summed E-state index contributed by atoms with van der Waals surface area (Å²) in [6.07, 6.45) is 4.82. The molecule has 8 heteroatoms. The maximum atomic E-state index is 11.4. The zero-order valence-corrected chi connectivity index (χ0v) is 11.9. The molecule has 0 spiro atoms. The summed E-state index contributed by atoms with van der Waals surface area (Å²) < 4.78 is 7.76. The largest absolute Gasteiger partial charge is 0.463 e. The molecule has 0 unspecified atom stereocenters. The fourth-order valence-corrected chi connectivity index (χ4v) is 1.94. The number of methoxy groups -OCH3 is 1. The summed E-state index contributed by atoms with van der Waals surface area (Å²) >= 11 is 0. The summed E-state index contributed by atoms with van der Waals surface area (Å²) in [6.45, 7) is 4.14. The van der Waals surface area contributed by atoms with Crippen LogP contribution in [-0.4, -0.2) is 42.4 Å². The minimum absolute atomic E-state index is 0.00935. The molecular weight excluding hydrogens is 272 g/mol. The molecule has 8 nitrogen and oxygen atoms in total. The number of carbonyl (C=O) groups is 1. The quantitative estimate of drug-likeness (QED) is 0.673. The number of hydrogen-bond donors (Lipinski definition) is 0. The average molecular weight is 286 g/mol. The average Bonchev–Trinajstić information content (AvgIpc) is 3.12. The van der Waals surface area contributed by atoms with E-state index in [1.807, 2.05) is 6.07 Å². The molecule has 0 saturated carbocycles. The van der Waals surface area contributed by atoms with Crippen molar-refractivity contribution in [3.8, 4) is 5.82 Å². The lowest BCUT2D eigenvalue weighted by molar-refractivity contribution is 0.0587. The number of aromatic nitrogens is 6. The molecule has 0 aliphatic carbocycles. The second-order valence-corrected chi connectivity index (χ2v) is 4.81. The molecule has 3 rings (SSSR count). The van der Waals surface area contributed by atoms with Crippen molar-refractivity contribution in [3.05, 3.63) is 36.3 Å². The van der Waals surface area contributed by atoms with E-state index in [1.165, 1.54) is 18.1 Å². The molecule has 0 N–H and O–H groups in total. The first-order chi connectivity index (χ1) is 10.1. The SMILES string of the molecule is COC(=O)c1ncn(-c2nccn3nc(C(C)C)cc23)n1. The van der Waals surface area contributed by atoms with Gasteiger partial charge in [-0.25, -0.2) is 19.3 Å². The maximum absolute atomic E-state index is 11.4. The first kappa shape index (κ1) is 13.2. The summed E-state index contributed by atoms with van der Waals surface area (Å²) in [4.78, 5) is 19.6. The van der Waals surface area contributed by atoms with Crippen molar-refractivity contribution in [1.29, 1.82) is 0 Å². The van der Waals surface area contributed by atoms with Gasteiger partial charge < -0.3 is 4.74 Å². The Labute approximate surface area is 120 Å². The van der Waals surface area contributed by atoms with Gasteiger partial charge in [0.05, 0.1) is 12.8 Å². The van der Waals surface area contributed by atoms with E-state index in [0.717, 1.165) is 11.2 Å². The molecule has 3 heterocycles. The van der Waals surface area contributed by atoms with Crippen molar-refractivity contribution in [3.63, 3.8) is 0 Å². The van der Waals surface area contributed by atoms with Crippen LogP contribution in [-0.2, 0) is 4.74 Å². The molecule has 0 atom stereocenters. The molecule has 3 aromatic heterocycles. The van der Waals surface area contributed by atoms with E-state index in [-0.39, 0.29) is 5.82 Å². The normalized spacial score (nSPS) is 11.2. The molecule has 0 radical (unpaired) electrons. The Morgan fingerprint density at radius 3 is 2.81 bits per heavy atom. The van der Waals surface area contributed by atoms with E-state index < -0.39 is 5.97 Å². The lowest BCUT2D eigenvalue weighted by Crippen LogP contribution is -2.06. The van der Waals surface area contributed by atoms with Gasteiger partial charge in [-0.15, -0.1) is 5.10 Å². The van der Waals surface area contributed by atoms with Crippen molar-refractivity contribution in [2.45, 2.75) is 19.8 Å². The van der Waals surface area contributed by atoms with Crippen molar-refractivity contribution >= 4 is 11.5 Å². The zero-order valence-electron chi connectivity index (χ0n) is 11.9. The third-order valence-corrected chi connectivity index (χ3v) is 3.06. The fraction of sp³-hybridized carbons (Fsp3) is 0.308. The van der Waals surface area contributed by atoms with Crippen LogP contribution in [0.1, 0.15) is 36.1 Å². The summed E-state index contributed by atoms with van der Waals surface area (Å²) in [7, 11) is 1.29. The monoisotopic (exact) mass is 286 g/mol. The number of fused-ring (bicyclic) bond motifs is 1. The molecule has 0 aliphatic heterocycles. The highest BCUT2D eigenvalue weighted by Crippen LogP contribution is 2.18. The van der Waals surface area contributed by atoms with Crippen molar-refractivity contribution in [2.75, 3.05) is 7.11 Å². The van der Waals surface area contributed by atoms with Crippen LogP contribution in [0.25, 0.3) is 11.3 Å². The number of hydrogen-bond acceptors (Lipinski definition) is 6. The number of esters is 1. The Morgan fingerprint density at radius 2 is 2.10 bits per heavy atom. The minimum atomic E-state index is -0.586. The Kier molecular flexibility index (Phi) is 3.13. The van der Waals surface area contributed by atoms with Crippen LogP contribution >= 0.6 is 0 Å². The van der Waals surface area contributed by atoms with E-state index in [9.17, 15) is 4.79 Å². The Hall–Kier alpha value is -2.77. The van der Waals surface area contributed by atoms with Crippen LogP contribution in [0.5, 0.6) is 0 Å². The van der Waals surface area contributed by atoms with Crippen LogP contribution in [0.3, 0.4) is 0 Å². The first-order valence-electron chi connectivity index (χ1n) is 6.44.